The molecule has 1 aliphatic carbocycles. The lowest BCUT2D eigenvalue weighted by Gasteiger charge is -2.24. The van der Waals surface area contributed by atoms with Crippen molar-refractivity contribution in [3.63, 3.8) is 0 Å². The Labute approximate surface area is 141 Å². The Kier molecular flexibility index (Phi) is 3.90. The molecule has 2 atom stereocenters. The summed E-state index contributed by atoms with van der Waals surface area (Å²) >= 11 is 5.99. The van der Waals surface area contributed by atoms with Gasteiger partial charge < -0.3 is 9.32 Å². The van der Waals surface area contributed by atoms with Gasteiger partial charge in [0.2, 0.25) is 5.91 Å². The number of nitrogens with zero attached hydrogens (tertiary/aromatic N) is 1. The van der Waals surface area contributed by atoms with Gasteiger partial charge in [-0.1, -0.05) is 23.7 Å². The van der Waals surface area contributed by atoms with Gasteiger partial charge in [0.15, 0.2) is 0 Å². The van der Waals surface area contributed by atoms with Crippen molar-refractivity contribution in [2.24, 2.45) is 5.92 Å². The summed E-state index contributed by atoms with van der Waals surface area (Å²) in [7, 11) is 0. The number of halogens is 1. The van der Waals surface area contributed by atoms with E-state index in [1.165, 1.54) is 0 Å². The largest absolute Gasteiger partial charge is 0.469 e. The molecule has 0 radical (unpaired) electrons. The normalized spacial score (nSPS) is 22.3. The summed E-state index contributed by atoms with van der Waals surface area (Å²) < 4.78 is 5.51. The van der Waals surface area contributed by atoms with Crippen molar-refractivity contribution >= 4 is 17.5 Å². The Morgan fingerprint density at radius 3 is 2.61 bits per heavy atom. The molecule has 1 aliphatic heterocycles. The summed E-state index contributed by atoms with van der Waals surface area (Å²) in [4.78, 5) is 15.1. The van der Waals surface area contributed by atoms with Crippen LogP contribution in [0.1, 0.15) is 42.4 Å². The standard InChI is InChI=1S/C19H20ClNO2/c20-16-7-5-14(6-8-16)18(13-3-4-13)19(22)21-10-9-15(12-21)17-2-1-11-23-17/h1-2,5-8,11,13,15,18H,3-4,9-10,12H2. The first-order valence-electron chi connectivity index (χ1n) is 8.30. The molecule has 2 heterocycles. The third kappa shape index (κ3) is 3.02. The van der Waals surface area contributed by atoms with Crippen LogP contribution in [0.15, 0.2) is 47.1 Å². The number of carbonyl (C=O) groups is 1. The van der Waals surface area contributed by atoms with Crippen LogP contribution in [0.5, 0.6) is 0 Å². The first-order chi connectivity index (χ1) is 11.2. The lowest BCUT2D eigenvalue weighted by atomic mass is 9.92. The number of benzene rings is 1. The molecule has 23 heavy (non-hydrogen) atoms. The molecular weight excluding hydrogens is 310 g/mol. The fraction of sp³-hybridized carbons (Fsp3) is 0.421. The van der Waals surface area contributed by atoms with Crippen LogP contribution in [0.4, 0.5) is 0 Å². The van der Waals surface area contributed by atoms with Gasteiger partial charge in [-0.05, 0) is 55.0 Å². The Balaban J connectivity index is 1.51. The van der Waals surface area contributed by atoms with Crippen LogP contribution in [0.2, 0.25) is 5.02 Å². The van der Waals surface area contributed by atoms with Crippen LogP contribution in [-0.2, 0) is 4.79 Å². The van der Waals surface area contributed by atoms with Crippen molar-refractivity contribution < 1.29 is 9.21 Å². The van der Waals surface area contributed by atoms with E-state index in [2.05, 4.69) is 0 Å². The predicted molar refractivity (Wildman–Crippen MR) is 89.6 cm³/mol. The molecule has 1 aromatic carbocycles. The fourth-order valence-electron chi connectivity index (χ4n) is 3.63. The summed E-state index contributed by atoms with van der Waals surface area (Å²) in [5, 5.41) is 0.717. The maximum absolute atomic E-state index is 13.1. The number of carbonyl (C=O) groups excluding carboxylic acids is 1. The van der Waals surface area contributed by atoms with Crippen molar-refractivity contribution in [1.29, 1.82) is 0 Å². The second kappa shape index (κ2) is 6.04. The third-order valence-corrected chi connectivity index (χ3v) is 5.29. The van der Waals surface area contributed by atoms with E-state index < -0.39 is 0 Å². The number of amides is 1. The Bertz CT molecular complexity index is 676. The minimum Gasteiger partial charge on any atom is -0.469 e. The van der Waals surface area contributed by atoms with Crippen LogP contribution in [0, 0.1) is 5.92 Å². The van der Waals surface area contributed by atoms with Gasteiger partial charge in [0.05, 0.1) is 12.2 Å². The molecule has 2 unspecified atom stereocenters. The minimum atomic E-state index is -0.0115. The highest BCUT2D eigenvalue weighted by Gasteiger charge is 2.41. The first-order valence-corrected chi connectivity index (χ1v) is 8.68. The van der Waals surface area contributed by atoms with Gasteiger partial charge in [-0.25, -0.2) is 0 Å². The maximum atomic E-state index is 13.1. The highest BCUT2D eigenvalue weighted by molar-refractivity contribution is 6.30. The van der Waals surface area contributed by atoms with E-state index in [0.717, 1.165) is 48.7 Å². The molecule has 0 spiro atoms. The van der Waals surface area contributed by atoms with Crippen molar-refractivity contribution in [3.05, 3.63) is 59.0 Å². The number of rotatable bonds is 4. The van der Waals surface area contributed by atoms with Crippen molar-refractivity contribution in [3.8, 4) is 0 Å². The second-order valence-electron chi connectivity index (χ2n) is 6.65. The van der Waals surface area contributed by atoms with E-state index in [9.17, 15) is 4.79 Å². The number of hydrogen-bond donors (Lipinski definition) is 0. The lowest BCUT2D eigenvalue weighted by Crippen LogP contribution is -2.34. The Hall–Kier alpha value is -1.74. The molecule has 1 amide bonds. The SMILES string of the molecule is O=C(C(c1ccc(Cl)cc1)C1CC1)N1CCC(c2ccco2)C1. The van der Waals surface area contributed by atoms with Gasteiger partial charge >= 0.3 is 0 Å². The van der Waals surface area contributed by atoms with Gasteiger partial charge in [-0.3, -0.25) is 4.79 Å². The van der Waals surface area contributed by atoms with Crippen molar-refractivity contribution in [1.82, 2.24) is 4.90 Å². The van der Waals surface area contributed by atoms with Gasteiger partial charge in [0, 0.05) is 24.0 Å². The van der Waals surface area contributed by atoms with E-state index in [4.69, 9.17) is 16.0 Å². The smallest absolute Gasteiger partial charge is 0.230 e. The molecule has 2 aliphatic rings. The van der Waals surface area contributed by atoms with Gasteiger partial charge in [0.25, 0.3) is 0 Å². The van der Waals surface area contributed by atoms with Crippen molar-refractivity contribution in [2.45, 2.75) is 31.1 Å². The van der Waals surface area contributed by atoms with Crippen LogP contribution < -0.4 is 0 Å². The summed E-state index contributed by atoms with van der Waals surface area (Å²) in [6, 6.07) is 11.7. The molecule has 2 fully saturated rings. The van der Waals surface area contributed by atoms with Gasteiger partial charge in [-0.2, -0.15) is 0 Å². The molecule has 3 nitrogen and oxygen atoms in total. The van der Waals surface area contributed by atoms with Crippen molar-refractivity contribution in [2.75, 3.05) is 13.1 Å². The number of furan rings is 1. The highest BCUT2D eigenvalue weighted by atomic mass is 35.5. The molecule has 1 saturated heterocycles. The lowest BCUT2D eigenvalue weighted by molar-refractivity contribution is -0.132. The fourth-order valence-corrected chi connectivity index (χ4v) is 3.75. The molecule has 0 N–H and O–H groups in total. The molecule has 0 bridgehead atoms. The second-order valence-corrected chi connectivity index (χ2v) is 7.09. The van der Waals surface area contributed by atoms with Gasteiger partial charge in [-0.15, -0.1) is 0 Å². The summed E-state index contributed by atoms with van der Waals surface area (Å²) in [5.74, 6) is 2.08. The Morgan fingerprint density at radius 2 is 1.96 bits per heavy atom. The monoisotopic (exact) mass is 329 g/mol. The summed E-state index contributed by atoms with van der Waals surface area (Å²) in [6.45, 7) is 1.59. The zero-order valence-electron chi connectivity index (χ0n) is 13.0. The number of likely N-dealkylation sites (tertiary alicyclic amines) is 1. The summed E-state index contributed by atoms with van der Waals surface area (Å²) in [6.07, 6.45) is 4.99. The predicted octanol–water partition coefficient (Wildman–Crippen LogP) is 4.44. The Morgan fingerprint density at radius 1 is 1.17 bits per heavy atom. The number of hydrogen-bond acceptors (Lipinski definition) is 2. The third-order valence-electron chi connectivity index (χ3n) is 5.03. The van der Waals surface area contributed by atoms with E-state index in [0.29, 0.717) is 11.8 Å². The zero-order valence-corrected chi connectivity index (χ0v) is 13.7. The van der Waals surface area contributed by atoms with Gasteiger partial charge in [0.1, 0.15) is 5.76 Å². The minimum absolute atomic E-state index is 0.0115. The molecule has 4 rings (SSSR count). The highest BCUT2D eigenvalue weighted by Crippen LogP contribution is 2.44. The average molecular weight is 330 g/mol. The molecule has 2 aromatic rings. The maximum Gasteiger partial charge on any atom is 0.230 e. The van der Waals surface area contributed by atoms with E-state index in [1.807, 2.05) is 41.3 Å². The van der Waals surface area contributed by atoms with Crippen LogP contribution in [-0.4, -0.2) is 23.9 Å². The van der Waals surface area contributed by atoms with E-state index >= 15 is 0 Å². The van der Waals surface area contributed by atoms with Crippen LogP contribution >= 0.6 is 11.6 Å². The topological polar surface area (TPSA) is 33.5 Å². The average Bonchev–Trinajstić information content (AvgIpc) is 3.06. The zero-order chi connectivity index (χ0) is 15.8. The molecule has 1 aromatic heterocycles. The molecule has 4 heteroatoms. The van der Waals surface area contributed by atoms with Crippen LogP contribution in [0.25, 0.3) is 0 Å². The first kappa shape index (κ1) is 14.8. The summed E-state index contributed by atoms with van der Waals surface area (Å²) in [5.41, 5.74) is 1.10. The molecular formula is C19H20ClNO2. The molecule has 120 valence electrons. The quantitative estimate of drug-likeness (QED) is 0.830. The van der Waals surface area contributed by atoms with E-state index in [-0.39, 0.29) is 11.8 Å². The molecule has 1 saturated carbocycles. The van der Waals surface area contributed by atoms with E-state index in [1.54, 1.807) is 6.26 Å². The van der Waals surface area contributed by atoms with Crippen LogP contribution in [0.3, 0.4) is 0 Å².